The molecule has 0 N–H and O–H groups in total. The SMILES string of the molecule is C=COC1CCC(C(OC(=C)C(=O)OCC2CC3CC2CC3CC(OC(C)=O)(C(F)(F)F)C(F)(F)F)(C(F)(F)F)C(F)(F)F)C2CCCCC12. The van der Waals surface area contributed by atoms with Gasteiger partial charge in [0.1, 0.15) is 6.10 Å². The molecule has 4 aliphatic carbocycles. The first kappa shape index (κ1) is 40.0. The number of hydrogen-bond acceptors (Lipinski definition) is 6. The van der Waals surface area contributed by atoms with E-state index in [1.807, 2.05) is 0 Å². The van der Waals surface area contributed by atoms with E-state index in [0.717, 1.165) is 6.26 Å². The van der Waals surface area contributed by atoms with Crippen molar-refractivity contribution in [3.63, 3.8) is 0 Å². The zero-order chi connectivity index (χ0) is 37.7. The van der Waals surface area contributed by atoms with Crippen molar-refractivity contribution in [3.8, 4) is 0 Å². The summed E-state index contributed by atoms with van der Waals surface area (Å²) in [5.74, 6) is -12.3. The van der Waals surface area contributed by atoms with E-state index in [1.54, 1.807) is 0 Å². The van der Waals surface area contributed by atoms with Gasteiger partial charge in [-0.1, -0.05) is 19.4 Å². The molecule has 18 heteroatoms. The molecule has 0 aromatic carbocycles. The third kappa shape index (κ3) is 7.26. The van der Waals surface area contributed by atoms with Crippen molar-refractivity contribution >= 4 is 11.9 Å². The number of esters is 2. The molecule has 0 amide bonds. The highest BCUT2D eigenvalue weighted by atomic mass is 19.4. The molecule has 8 unspecified atom stereocenters. The maximum atomic E-state index is 14.7. The first-order valence-electron chi connectivity index (χ1n) is 16.2. The van der Waals surface area contributed by atoms with Gasteiger partial charge in [0.25, 0.3) is 0 Å². The number of ether oxygens (including phenoxy) is 4. The van der Waals surface area contributed by atoms with E-state index in [4.69, 9.17) is 9.47 Å². The molecule has 4 fully saturated rings. The fourth-order valence-electron chi connectivity index (χ4n) is 9.12. The van der Waals surface area contributed by atoms with E-state index in [9.17, 15) is 62.3 Å². The zero-order valence-electron chi connectivity index (χ0n) is 26.9. The van der Waals surface area contributed by atoms with Crippen molar-refractivity contribution in [2.24, 2.45) is 41.4 Å². The fourth-order valence-corrected chi connectivity index (χ4v) is 9.12. The smallest absolute Gasteiger partial charge is 0.437 e. The van der Waals surface area contributed by atoms with Gasteiger partial charge in [0.2, 0.25) is 0 Å². The molecule has 0 aromatic heterocycles. The van der Waals surface area contributed by atoms with Crippen LogP contribution in [0.15, 0.2) is 25.2 Å². The minimum atomic E-state index is -6.05. The maximum Gasteiger partial charge on any atom is 0.437 e. The minimum absolute atomic E-state index is 0.0275. The van der Waals surface area contributed by atoms with Crippen LogP contribution in [0.1, 0.15) is 71.1 Å². The van der Waals surface area contributed by atoms with Crippen LogP contribution in [0, 0.1) is 41.4 Å². The Morgan fingerprint density at radius 2 is 1.26 bits per heavy atom. The molecular weight excluding hydrogens is 708 g/mol. The van der Waals surface area contributed by atoms with Gasteiger partial charge in [-0.25, -0.2) is 4.79 Å². The van der Waals surface area contributed by atoms with Crippen molar-refractivity contribution in [3.05, 3.63) is 25.2 Å². The molecule has 4 rings (SSSR count). The Kier molecular flexibility index (Phi) is 11.2. The van der Waals surface area contributed by atoms with E-state index >= 15 is 0 Å². The van der Waals surface area contributed by atoms with Crippen LogP contribution in [0.25, 0.3) is 0 Å². The Labute approximate surface area is 279 Å². The molecule has 0 spiro atoms. The number of carbonyl (C=O) groups excluding carboxylic acids is 2. The highest BCUT2D eigenvalue weighted by Crippen LogP contribution is 2.61. The fraction of sp³-hybridized carbons (Fsp3) is 0.812. The first-order valence-corrected chi connectivity index (χ1v) is 16.2. The Balaban J connectivity index is 1.46. The number of fused-ring (bicyclic) bond motifs is 3. The van der Waals surface area contributed by atoms with E-state index in [0.29, 0.717) is 26.2 Å². The molecule has 0 saturated heterocycles. The molecule has 0 radical (unpaired) electrons. The van der Waals surface area contributed by atoms with Crippen LogP contribution < -0.4 is 0 Å². The van der Waals surface area contributed by atoms with Gasteiger partial charge in [0, 0.05) is 19.3 Å². The van der Waals surface area contributed by atoms with Gasteiger partial charge in [-0.2, -0.15) is 52.7 Å². The second-order valence-electron chi connectivity index (χ2n) is 13.9. The Bertz CT molecular complexity index is 1240. The number of hydrogen-bond donors (Lipinski definition) is 0. The lowest BCUT2D eigenvalue weighted by atomic mass is 9.59. The lowest BCUT2D eigenvalue weighted by molar-refractivity contribution is -0.397. The van der Waals surface area contributed by atoms with Crippen LogP contribution >= 0.6 is 0 Å². The Morgan fingerprint density at radius 1 is 0.720 bits per heavy atom. The Hall–Kier alpha value is -2.82. The summed E-state index contributed by atoms with van der Waals surface area (Å²) in [6, 6.07) is 0. The van der Waals surface area contributed by atoms with Crippen LogP contribution in [-0.4, -0.2) is 60.6 Å². The van der Waals surface area contributed by atoms with E-state index in [-0.39, 0.29) is 32.1 Å². The monoisotopic (exact) mass is 746 g/mol. The molecule has 6 nitrogen and oxygen atoms in total. The third-order valence-electron chi connectivity index (χ3n) is 11.1. The summed E-state index contributed by atoms with van der Waals surface area (Å²) in [4.78, 5) is 24.1. The van der Waals surface area contributed by atoms with Gasteiger partial charge < -0.3 is 18.9 Å². The quantitative estimate of drug-likeness (QED) is 0.0910. The second-order valence-corrected chi connectivity index (χ2v) is 13.9. The topological polar surface area (TPSA) is 71.1 Å². The van der Waals surface area contributed by atoms with Crippen LogP contribution in [0.5, 0.6) is 0 Å². The summed E-state index contributed by atoms with van der Waals surface area (Å²) in [6.07, 6.45) is -24.9. The zero-order valence-corrected chi connectivity index (χ0v) is 26.9. The minimum Gasteiger partial charge on any atom is -0.498 e. The molecule has 286 valence electrons. The molecular formula is C32H38F12O6. The van der Waals surface area contributed by atoms with Crippen LogP contribution in [0.4, 0.5) is 52.7 Å². The van der Waals surface area contributed by atoms with Gasteiger partial charge >= 0.3 is 47.8 Å². The molecule has 2 bridgehead atoms. The van der Waals surface area contributed by atoms with Gasteiger partial charge in [-0.05, 0) is 87.0 Å². The van der Waals surface area contributed by atoms with Crippen molar-refractivity contribution in [2.75, 3.05) is 6.61 Å². The molecule has 50 heavy (non-hydrogen) atoms. The van der Waals surface area contributed by atoms with Crippen LogP contribution in [0.3, 0.4) is 0 Å². The van der Waals surface area contributed by atoms with E-state index < -0.39 is 121 Å². The largest absolute Gasteiger partial charge is 0.498 e. The maximum absolute atomic E-state index is 14.7. The summed E-state index contributed by atoms with van der Waals surface area (Å²) in [7, 11) is 0. The third-order valence-corrected chi connectivity index (χ3v) is 11.1. The average Bonchev–Trinajstić information content (AvgIpc) is 3.56. The van der Waals surface area contributed by atoms with Crippen LogP contribution in [-0.2, 0) is 28.5 Å². The van der Waals surface area contributed by atoms with E-state index in [1.165, 1.54) is 0 Å². The number of alkyl halides is 12. The summed E-state index contributed by atoms with van der Waals surface area (Å²) in [5, 5.41) is 0. The van der Waals surface area contributed by atoms with Crippen molar-refractivity contribution < 1.29 is 81.2 Å². The summed E-state index contributed by atoms with van der Waals surface area (Å²) >= 11 is 0. The van der Waals surface area contributed by atoms with Gasteiger partial charge in [-0.15, -0.1) is 0 Å². The predicted molar refractivity (Wildman–Crippen MR) is 148 cm³/mol. The molecule has 4 aliphatic rings. The standard InChI is InChI=1S/C32H38F12O6/c1-4-47-25-10-9-24(22-7-5-6-8-23(22)25)28(31(39,40)41,32(42,43)44)49-16(2)26(46)48-15-21-13-18-11-19(21)12-20(18)14-27(29(33,34)35,30(36,37)38)50-17(3)45/h4,18-25H,1-2,5-15H2,3H3. The lowest BCUT2D eigenvalue weighted by Gasteiger charge is -2.52. The van der Waals surface area contributed by atoms with Crippen LogP contribution in [0.2, 0.25) is 0 Å². The first-order chi connectivity index (χ1) is 22.9. The molecule has 8 atom stereocenters. The number of carbonyl (C=O) groups is 2. The van der Waals surface area contributed by atoms with Gasteiger partial charge in [0.05, 0.1) is 12.9 Å². The highest BCUT2D eigenvalue weighted by molar-refractivity contribution is 5.85. The van der Waals surface area contributed by atoms with Crippen molar-refractivity contribution in [1.82, 2.24) is 0 Å². The Morgan fingerprint density at radius 3 is 1.74 bits per heavy atom. The molecule has 4 saturated carbocycles. The second kappa shape index (κ2) is 14.0. The number of rotatable bonds is 11. The molecule has 0 aliphatic heterocycles. The molecule has 0 aromatic rings. The molecule has 0 heterocycles. The highest BCUT2D eigenvalue weighted by Gasteiger charge is 2.79. The average molecular weight is 747 g/mol. The summed E-state index contributed by atoms with van der Waals surface area (Å²) in [5.41, 5.74) is -9.57. The number of halogens is 12. The van der Waals surface area contributed by atoms with Gasteiger partial charge in [-0.3, -0.25) is 4.79 Å². The van der Waals surface area contributed by atoms with Gasteiger partial charge in [0.15, 0.2) is 5.76 Å². The normalized spacial score (nSPS) is 30.7. The predicted octanol–water partition coefficient (Wildman–Crippen LogP) is 9.15. The summed E-state index contributed by atoms with van der Waals surface area (Å²) < 4.78 is 190. The summed E-state index contributed by atoms with van der Waals surface area (Å²) in [6.45, 7) is 6.27. The van der Waals surface area contributed by atoms with Crippen molar-refractivity contribution in [1.29, 1.82) is 0 Å². The lowest BCUT2D eigenvalue weighted by Crippen LogP contribution is -2.67. The van der Waals surface area contributed by atoms with Crippen molar-refractivity contribution in [2.45, 2.75) is 113 Å². The van der Waals surface area contributed by atoms with E-state index in [2.05, 4.69) is 22.6 Å².